The van der Waals surface area contributed by atoms with Crippen LogP contribution in [0.1, 0.15) is 12.5 Å². The van der Waals surface area contributed by atoms with Gasteiger partial charge < -0.3 is 14.8 Å². The lowest BCUT2D eigenvalue weighted by molar-refractivity contribution is -0.133. The Balaban J connectivity index is 1.47. The third kappa shape index (κ3) is 3.08. The van der Waals surface area contributed by atoms with Crippen molar-refractivity contribution >= 4 is 5.91 Å². The highest BCUT2D eigenvalue weighted by atomic mass is 16.6. The van der Waals surface area contributed by atoms with Gasteiger partial charge in [-0.1, -0.05) is 18.2 Å². The van der Waals surface area contributed by atoms with Gasteiger partial charge in [0.25, 0.3) is 5.91 Å². The molecular formula is C18H17N5O3. The highest BCUT2D eigenvalue weighted by molar-refractivity contribution is 5.82. The van der Waals surface area contributed by atoms with Crippen molar-refractivity contribution in [3.8, 4) is 17.3 Å². The summed E-state index contributed by atoms with van der Waals surface area (Å²) in [4.78, 5) is 20.9. The van der Waals surface area contributed by atoms with Crippen LogP contribution in [0.3, 0.4) is 0 Å². The molecule has 0 fully saturated rings. The summed E-state index contributed by atoms with van der Waals surface area (Å²) >= 11 is 0. The molecule has 1 amide bonds. The summed E-state index contributed by atoms with van der Waals surface area (Å²) in [6.45, 7) is 2.10. The van der Waals surface area contributed by atoms with Crippen LogP contribution >= 0.6 is 0 Å². The topological polar surface area (TPSA) is 91.2 Å². The zero-order chi connectivity index (χ0) is 17.9. The Bertz CT molecular complexity index is 913. The number of ether oxygens (including phenoxy) is 2. The third-order valence-corrected chi connectivity index (χ3v) is 4.06. The second-order valence-corrected chi connectivity index (χ2v) is 5.85. The van der Waals surface area contributed by atoms with Crippen LogP contribution in [0.2, 0.25) is 0 Å². The largest absolute Gasteiger partial charge is 0.482 e. The lowest BCUT2D eigenvalue weighted by Gasteiger charge is -2.31. The number of amides is 1. The standard InChI is InChI=1S/C18H17N5O3/c1-12-16(26-15-7-3-2-6-14(15)25-12)18(24)21-9-13-5-4-8-20-17(13)23-11-19-10-22-23/h2-8,10-12,16H,9H2,1H3,(H,21,24)/t12-,16+/m0/s1. The second kappa shape index (κ2) is 6.83. The second-order valence-electron chi connectivity index (χ2n) is 5.85. The highest BCUT2D eigenvalue weighted by Gasteiger charge is 2.33. The van der Waals surface area contributed by atoms with Gasteiger partial charge in [-0.25, -0.2) is 14.6 Å². The Labute approximate surface area is 149 Å². The zero-order valence-electron chi connectivity index (χ0n) is 14.1. The Kier molecular flexibility index (Phi) is 4.22. The van der Waals surface area contributed by atoms with Crippen molar-refractivity contribution in [2.45, 2.75) is 25.7 Å². The normalized spacial score (nSPS) is 18.3. The molecule has 2 aromatic heterocycles. The van der Waals surface area contributed by atoms with Crippen LogP contribution in [0.4, 0.5) is 0 Å². The van der Waals surface area contributed by atoms with E-state index in [2.05, 4.69) is 20.4 Å². The number of nitrogens with zero attached hydrogens (tertiary/aromatic N) is 4. The van der Waals surface area contributed by atoms with Crippen LogP contribution in [-0.2, 0) is 11.3 Å². The average Bonchev–Trinajstić information content (AvgIpc) is 3.20. The molecule has 0 saturated carbocycles. The molecule has 1 N–H and O–H groups in total. The number of hydrogen-bond donors (Lipinski definition) is 1. The van der Waals surface area contributed by atoms with Crippen molar-refractivity contribution in [1.82, 2.24) is 25.1 Å². The average molecular weight is 351 g/mol. The molecule has 8 heteroatoms. The number of pyridine rings is 1. The Morgan fingerprint density at radius 1 is 1.19 bits per heavy atom. The lowest BCUT2D eigenvalue weighted by Crippen LogP contribution is -2.48. The number of para-hydroxylation sites is 2. The van der Waals surface area contributed by atoms with Crippen LogP contribution in [0.15, 0.2) is 55.2 Å². The maximum absolute atomic E-state index is 12.6. The first-order valence-electron chi connectivity index (χ1n) is 8.21. The van der Waals surface area contributed by atoms with Crippen LogP contribution in [-0.4, -0.2) is 37.9 Å². The van der Waals surface area contributed by atoms with E-state index in [1.54, 1.807) is 29.3 Å². The quantitative estimate of drug-likeness (QED) is 0.766. The fourth-order valence-corrected chi connectivity index (χ4v) is 2.78. The van der Waals surface area contributed by atoms with Gasteiger partial charge in [-0.15, -0.1) is 0 Å². The third-order valence-electron chi connectivity index (χ3n) is 4.06. The molecule has 1 aliphatic heterocycles. The van der Waals surface area contributed by atoms with E-state index in [4.69, 9.17) is 9.47 Å². The van der Waals surface area contributed by atoms with Crippen molar-refractivity contribution in [3.63, 3.8) is 0 Å². The first kappa shape index (κ1) is 16.1. The molecule has 0 bridgehead atoms. The summed E-state index contributed by atoms with van der Waals surface area (Å²) < 4.78 is 13.2. The summed E-state index contributed by atoms with van der Waals surface area (Å²) in [7, 11) is 0. The van der Waals surface area contributed by atoms with Crippen molar-refractivity contribution < 1.29 is 14.3 Å². The van der Waals surface area contributed by atoms with Crippen LogP contribution in [0.5, 0.6) is 11.5 Å². The minimum absolute atomic E-state index is 0.250. The van der Waals surface area contributed by atoms with Crippen molar-refractivity contribution in [2.24, 2.45) is 0 Å². The minimum atomic E-state index is -0.726. The summed E-state index contributed by atoms with van der Waals surface area (Å²) in [6, 6.07) is 11.0. The molecule has 1 aromatic carbocycles. The van der Waals surface area contributed by atoms with Crippen LogP contribution < -0.4 is 14.8 Å². The highest BCUT2D eigenvalue weighted by Crippen LogP contribution is 2.33. The van der Waals surface area contributed by atoms with Crippen LogP contribution in [0, 0.1) is 0 Å². The number of carbonyl (C=O) groups is 1. The lowest BCUT2D eigenvalue weighted by atomic mass is 10.1. The van der Waals surface area contributed by atoms with E-state index in [0.29, 0.717) is 17.3 Å². The molecule has 8 nitrogen and oxygen atoms in total. The maximum Gasteiger partial charge on any atom is 0.265 e. The predicted octanol–water partition coefficient (Wildman–Crippen LogP) is 1.51. The van der Waals surface area contributed by atoms with Crippen molar-refractivity contribution in [1.29, 1.82) is 0 Å². The molecule has 3 aromatic rings. The molecule has 4 rings (SSSR count). The smallest absolute Gasteiger partial charge is 0.265 e. The summed E-state index contributed by atoms with van der Waals surface area (Å²) in [5.74, 6) is 1.57. The van der Waals surface area contributed by atoms with Gasteiger partial charge in [-0.3, -0.25) is 4.79 Å². The maximum atomic E-state index is 12.6. The Morgan fingerprint density at radius 3 is 2.77 bits per heavy atom. The summed E-state index contributed by atoms with van der Waals surface area (Å²) in [5.41, 5.74) is 0.816. The number of hydrogen-bond acceptors (Lipinski definition) is 6. The van der Waals surface area contributed by atoms with E-state index in [0.717, 1.165) is 5.56 Å². The van der Waals surface area contributed by atoms with E-state index in [9.17, 15) is 4.79 Å². The monoisotopic (exact) mass is 351 g/mol. The summed E-state index contributed by atoms with van der Waals surface area (Å²) in [6.07, 6.45) is 3.54. The van der Waals surface area contributed by atoms with Gasteiger partial charge >= 0.3 is 0 Å². The van der Waals surface area contributed by atoms with Gasteiger partial charge in [0, 0.05) is 18.3 Å². The number of nitrogens with one attached hydrogen (secondary N) is 1. The Hall–Kier alpha value is -3.42. The number of carbonyl (C=O) groups excluding carboxylic acids is 1. The van der Waals surface area contributed by atoms with E-state index < -0.39 is 12.2 Å². The SMILES string of the molecule is C[C@@H]1Oc2ccccc2O[C@H]1C(=O)NCc1cccnc1-n1cncn1. The summed E-state index contributed by atoms with van der Waals surface area (Å²) in [5, 5.41) is 6.97. The fourth-order valence-electron chi connectivity index (χ4n) is 2.78. The van der Waals surface area contributed by atoms with Crippen LogP contribution in [0.25, 0.3) is 5.82 Å². The van der Waals surface area contributed by atoms with Gasteiger partial charge in [0.2, 0.25) is 6.10 Å². The first-order valence-corrected chi connectivity index (χ1v) is 8.21. The molecule has 0 unspecified atom stereocenters. The number of rotatable bonds is 4. The predicted molar refractivity (Wildman–Crippen MR) is 91.9 cm³/mol. The molecule has 0 aliphatic carbocycles. The molecule has 26 heavy (non-hydrogen) atoms. The molecular weight excluding hydrogens is 334 g/mol. The Morgan fingerprint density at radius 2 is 2.00 bits per heavy atom. The van der Waals surface area contributed by atoms with Gasteiger partial charge in [-0.05, 0) is 25.1 Å². The fraction of sp³-hybridized carbons (Fsp3) is 0.222. The molecule has 0 spiro atoms. The molecule has 0 saturated heterocycles. The van der Waals surface area contributed by atoms with Gasteiger partial charge in [0.1, 0.15) is 18.8 Å². The van der Waals surface area contributed by atoms with E-state index in [-0.39, 0.29) is 12.5 Å². The van der Waals surface area contributed by atoms with E-state index >= 15 is 0 Å². The molecule has 3 heterocycles. The molecule has 2 atom stereocenters. The van der Waals surface area contributed by atoms with E-state index in [1.807, 2.05) is 31.2 Å². The zero-order valence-corrected chi connectivity index (χ0v) is 14.1. The minimum Gasteiger partial charge on any atom is -0.482 e. The van der Waals surface area contributed by atoms with E-state index in [1.165, 1.54) is 6.33 Å². The molecule has 1 aliphatic rings. The van der Waals surface area contributed by atoms with Gasteiger partial charge in [0.15, 0.2) is 17.3 Å². The molecule has 132 valence electrons. The van der Waals surface area contributed by atoms with Crippen molar-refractivity contribution in [2.75, 3.05) is 0 Å². The van der Waals surface area contributed by atoms with Crippen molar-refractivity contribution in [3.05, 3.63) is 60.8 Å². The number of benzene rings is 1. The van der Waals surface area contributed by atoms with Gasteiger partial charge in [-0.2, -0.15) is 5.10 Å². The van der Waals surface area contributed by atoms with Gasteiger partial charge in [0.05, 0.1) is 0 Å². The number of aromatic nitrogens is 4. The number of fused-ring (bicyclic) bond motifs is 1. The first-order chi connectivity index (χ1) is 12.7. The molecule has 0 radical (unpaired) electrons.